The van der Waals surface area contributed by atoms with Gasteiger partial charge in [0.2, 0.25) is 0 Å². The van der Waals surface area contributed by atoms with Crippen molar-refractivity contribution in [2.75, 3.05) is 28.4 Å². The second-order valence-electron chi connectivity index (χ2n) is 8.54. The molecule has 0 unspecified atom stereocenters. The minimum atomic E-state index is -0.208. The Labute approximate surface area is 213 Å². The van der Waals surface area contributed by atoms with Gasteiger partial charge in [0, 0.05) is 65.7 Å². The highest BCUT2D eigenvalue weighted by Gasteiger charge is 2.18. The summed E-state index contributed by atoms with van der Waals surface area (Å²) < 4.78 is 23.7. The van der Waals surface area contributed by atoms with Gasteiger partial charge in [-0.05, 0) is 30.3 Å². The fourth-order valence-electron chi connectivity index (χ4n) is 4.56. The summed E-state index contributed by atoms with van der Waals surface area (Å²) in [4.78, 5) is 21.1. The number of amides is 1. The average molecular weight is 501 g/mol. The molecule has 0 aliphatic carbocycles. The summed E-state index contributed by atoms with van der Waals surface area (Å²) in [5.41, 5.74) is 4.80. The number of nitrogens with zero attached hydrogens (tertiary/aromatic N) is 2. The van der Waals surface area contributed by atoms with Gasteiger partial charge in [-0.1, -0.05) is 0 Å². The highest BCUT2D eigenvalue weighted by atomic mass is 16.5. The Balaban J connectivity index is 1.49. The Kier molecular flexibility index (Phi) is 6.35. The van der Waals surface area contributed by atoms with Gasteiger partial charge >= 0.3 is 0 Å². The van der Waals surface area contributed by atoms with Crippen molar-refractivity contribution < 1.29 is 23.7 Å². The topological polar surface area (TPSA) is 99.6 Å². The van der Waals surface area contributed by atoms with Crippen molar-refractivity contribution in [3.8, 4) is 34.3 Å². The lowest BCUT2D eigenvalue weighted by atomic mass is 10.1. The molecule has 3 aromatic heterocycles. The number of hydrogen-bond donors (Lipinski definition) is 2. The molecule has 0 radical (unpaired) electrons. The monoisotopic (exact) mass is 500 g/mol. The number of benzene rings is 2. The van der Waals surface area contributed by atoms with Crippen LogP contribution in [0, 0.1) is 0 Å². The second kappa shape index (κ2) is 9.77. The lowest BCUT2D eigenvalue weighted by molar-refractivity contribution is 0.0952. The number of nitrogens with one attached hydrogen (secondary N) is 2. The molecule has 37 heavy (non-hydrogen) atoms. The summed E-state index contributed by atoms with van der Waals surface area (Å²) in [5.74, 6) is 2.43. The summed E-state index contributed by atoms with van der Waals surface area (Å²) in [7, 11) is 8.40. The fraction of sp³-hybridized carbons (Fsp3) is 0.214. The van der Waals surface area contributed by atoms with Crippen LogP contribution in [0.15, 0.2) is 54.9 Å². The molecule has 9 nitrogen and oxygen atoms in total. The molecule has 1 amide bonds. The highest BCUT2D eigenvalue weighted by molar-refractivity contribution is 6.08. The van der Waals surface area contributed by atoms with Crippen molar-refractivity contribution in [3.63, 3.8) is 0 Å². The first-order chi connectivity index (χ1) is 18.0. The first kappa shape index (κ1) is 24.1. The van der Waals surface area contributed by atoms with Gasteiger partial charge in [-0.15, -0.1) is 0 Å². The first-order valence-electron chi connectivity index (χ1n) is 11.7. The minimum absolute atomic E-state index is 0.208. The number of aryl methyl sites for hydroxylation is 1. The quantitative estimate of drug-likeness (QED) is 0.321. The molecule has 190 valence electrons. The van der Waals surface area contributed by atoms with E-state index >= 15 is 0 Å². The van der Waals surface area contributed by atoms with Crippen LogP contribution in [0.5, 0.6) is 23.0 Å². The molecule has 0 fully saturated rings. The smallest absolute Gasteiger partial charge is 0.252 e. The largest absolute Gasteiger partial charge is 0.497 e. The SMILES string of the molecule is COc1ccc(CNC(=O)c2ccnc3[nH]c(-c4cn(C)c5cc(OC)c(OC)cc45)cc23)c(OC)c1. The van der Waals surface area contributed by atoms with Crippen LogP contribution >= 0.6 is 0 Å². The number of rotatable bonds is 8. The van der Waals surface area contributed by atoms with Crippen LogP contribution in [0.4, 0.5) is 0 Å². The van der Waals surface area contributed by atoms with Crippen molar-refractivity contribution in [3.05, 3.63) is 66.0 Å². The van der Waals surface area contributed by atoms with Crippen molar-refractivity contribution >= 4 is 27.8 Å². The third-order valence-electron chi connectivity index (χ3n) is 6.50. The van der Waals surface area contributed by atoms with E-state index in [1.165, 1.54) is 0 Å². The highest BCUT2D eigenvalue weighted by Crippen LogP contribution is 2.38. The summed E-state index contributed by atoms with van der Waals surface area (Å²) in [6.07, 6.45) is 3.66. The zero-order chi connectivity index (χ0) is 26.1. The van der Waals surface area contributed by atoms with E-state index in [2.05, 4.69) is 15.3 Å². The summed E-state index contributed by atoms with van der Waals surface area (Å²) in [6.45, 7) is 0.304. The van der Waals surface area contributed by atoms with Crippen molar-refractivity contribution in [1.29, 1.82) is 0 Å². The molecule has 0 bridgehead atoms. The predicted octanol–water partition coefficient (Wildman–Crippen LogP) is 4.69. The molecular weight excluding hydrogens is 472 g/mol. The van der Waals surface area contributed by atoms with Crippen LogP contribution in [0.3, 0.4) is 0 Å². The number of aromatic nitrogens is 3. The first-order valence-corrected chi connectivity index (χ1v) is 11.7. The van der Waals surface area contributed by atoms with Gasteiger partial charge in [-0.2, -0.15) is 0 Å². The third-order valence-corrected chi connectivity index (χ3v) is 6.50. The zero-order valence-electron chi connectivity index (χ0n) is 21.3. The van der Waals surface area contributed by atoms with Gasteiger partial charge in [-0.25, -0.2) is 4.98 Å². The maximum Gasteiger partial charge on any atom is 0.252 e. The number of carbonyl (C=O) groups is 1. The summed E-state index contributed by atoms with van der Waals surface area (Å²) in [6, 6.07) is 13.1. The predicted molar refractivity (Wildman–Crippen MR) is 142 cm³/mol. The summed E-state index contributed by atoms with van der Waals surface area (Å²) in [5, 5.41) is 4.71. The zero-order valence-corrected chi connectivity index (χ0v) is 21.3. The standard InChI is InChI=1S/C28H28N4O5/c1-32-15-21(19-12-25(36-4)26(37-5)13-23(19)32)22-11-20-18(8-9-29-27(20)31-22)28(33)30-14-16-6-7-17(34-2)10-24(16)35-3/h6-13,15H,14H2,1-5H3,(H,29,31)(H,30,33). The van der Waals surface area contributed by atoms with Gasteiger partial charge in [0.05, 0.1) is 39.5 Å². The van der Waals surface area contributed by atoms with Crippen LogP contribution in [0.2, 0.25) is 0 Å². The Bertz CT molecular complexity index is 1620. The van der Waals surface area contributed by atoms with Crippen LogP contribution in [0.25, 0.3) is 33.2 Å². The molecular formula is C28H28N4O5. The minimum Gasteiger partial charge on any atom is -0.497 e. The lowest BCUT2D eigenvalue weighted by Gasteiger charge is -2.11. The molecule has 0 saturated carbocycles. The third kappa shape index (κ3) is 4.29. The van der Waals surface area contributed by atoms with Crippen LogP contribution < -0.4 is 24.3 Å². The molecule has 2 N–H and O–H groups in total. The number of hydrogen-bond acceptors (Lipinski definition) is 6. The number of aromatic amines is 1. The maximum atomic E-state index is 13.2. The van der Waals surface area contributed by atoms with Crippen molar-refractivity contribution in [1.82, 2.24) is 19.9 Å². The van der Waals surface area contributed by atoms with E-state index in [-0.39, 0.29) is 5.91 Å². The van der Waals surface area contributed by atoms with E-state index in [0.29, 0.717) is 40.8 Å². The van der Waals surface area contributed by atoms with E-state index in [9.17, 15) is 4.79 Å². The molecule has 9 heteroatoms. The number of fused-ring (bicyclic) bond motifs is 2. The Hall–Kier alpha value is -4.66. The summed E-state index contributed by atoms with van der Waals surface area (Å²) >= 11 is 0. The van der Waals surface area contributed by atoms with E-state index in [1.54, 1.807) is 46.8 Å². The Morgan fingerprint density at radius 3 is 2.41 bits per heavy atom. The number of carbonyl (C=O) groups excluding carboxylic acids is 1. The second-order valence-corrected chi connectivity index (χ2v) is 8.54. The van der Waals surface area contributed by atoms with Crippen LogP contribution in [-0.4, -0.2) is 48.9 Å². The molecule has 3 heterocycles. The normalized spacial score (nSPS) is 11.1. The van der Waals surface area contributed by atoms with E-state index in [4.69, 9.17) is 18.9 Å². The fourth-order valence-corrected chi connectivity index (χ4v) is 4.56. The van der Waals surface area contributed by atoms with Crippen LogP contribution in [0.1, 0.15) is 15.9 Å². The van der Waals surface area contributed by atoms with Gasteiger partial charge in [0.25, 0.3) is 5.91 Å². The molecule has 0 atom stereocenters. The number of H-pyrrole nitrogens is 1. The van der Waals surface area contributed by atoms with E-state index in [0.717, 1.165) is 33.1 Å². The van der Waals surface area contributed by atoms with Gasteiger partial charge in [-0.3, -0.25) is 4.79 Å². The molecule has 0 aliphatic rings. The number of pyridine rings is 1. The lowest BCUT2D eigenvalue weighted by Crippen LogP contribution is -2.23. The van der Waals surface area contributed by atoms with Crippen LogP contribution in [-0.2, 0) is 13.6 Å². The van der Waals surface area contributed by atoms with Crippen molar-refractivity contribution in [2.24, 2.45) is 7.05 Å². The molecule has 2 aromatic carbocycles. The molecule has 5 rings (SSSR count). The van der Waals surface area contributed by atoms with Crippen molar-refractivity contribution in [2.45, 2.75) is 6.54 Å². The number of methoxy groups -OCH3 is 4. The number of ether oxygens (including phenoxy) is 4. The Morgan fingerprint density at radius 2 is 1.68 bits per heavy atom. The van der Waals surface area contributed by atoms with E-state index in [1.807, 2.05) is 48.1 Å². The van der Waals surface area contributed by atoms with Gasteiger partial charge in [0.1, 0.15) is 17.1 Å². The average Bonchev–Trinajstić information content (AvgIpc) is 3.51. The Morgan fingerprint density at radius 1 is 0.919 bits per heavy atom. The maximum absolute atomic E-state index is 13.2. The van der Waals surface area contributed by atoms with E-state index < -0.39 is 0 Å². The molecule has 0 saturated heterocycles. The molecule has 5 aromatic rings. The van der Waals surface area contributed by atoms with Gasteiger partial charge < -0.3 is 33.8 Å². The molecule has 0 spiro atoms. The molecule has 0 aliphatic heterocycles. The van der Waals surface area contributed by atoms with Gasteiger partial charge in [0.15, 0.2) is 11.5 Å².